The van der Waals surface area contributed by atoms with Gasteiger partial charge in [0.15, 0.2) is 0 Å². The Morgan fingerprint density at radius 2 is 2.04 bits per heavy atom. The topological polar surface area (TPSA) is 78.5 Å². The fourth-order valence-corrected chi connectivity index (χ4v) is 3.74. The third-order valence-electron chi connectivity index (χ3n) is 4.22. The molecule has 1 aromatic rings. The third kappa shape index (κ3) is 5.96. The second-order valence-electron chi connectivity index (χ2n) is 6.47. The lowest BCUT2D eigenvalue weighted by atomic mass is 10.0. The molecule has 0 bridgehead atoms. The van der Waals surface area contributed by atoms with Gasteiger partial charge in [0.2, 0.25) is 15.9 Å². The van der Waals surface area contributed by atoms with E-state index < -0.39 is 33.7 Å². The molecule has 2 unspecified atom stereocenters. The van der Waals surface area contributed by atoms with Crippen LogP contribution < -0.4 is 10.0 Å². The molecule has 10 heteroatoms. The lowest BCUT2D eigenvalue weighted by Crippen LogP contribution is -2.52. The number of carbonyl (C=O) groups is 1. The summed E-state index contributed by atoms with van der Waals surface area (Å²) in [6.45, 7) is 2.62. The first kappa shape index (κ1) is 20.7. The summed E-state index contributed by atoms with van der Waals surface area (Å²) in [5.74, 6) is -0.440. The lowest BCUT2D eigenvalue weighted by Gasteiger charge is -2.36. The molecular formula is C16H22F3N3O3S. The van der Waals surface area contributed by atoms with Gasteiger partial charge in [-0.3, -0.25) is 9.69 Å². The quantitative estimate of drug-likeness (QED) is 0.803. The minimum absolute atomic E-state index is 0.0690. The van der Waals surface area contributed by atoms with Gasteiger partial charge in [0.05, 0.1) is 17.9 Å². The van der Waals surface area contributed by atoms with Crippen LogP contribution in [0.5, 0.6) is 0 Å². The molecule has 1 aliphatic heterocycles. The number of alkyl halides is 3. The maximum absolute atomic E-state index is 12.8. The van der Waals surface area contributed by atoms with E-state index in [0.29, 0.717) is 25.9 Å². The number of nitrogens with one attached hydrogen (secondary N) is 2. The molecule has 2 N–H and O–H groups in total. The van der Waals surface area contributed by atoms with Crippen molar-refractivity contribution in [1.82, 2.24) is 9.62 Å². The van der Waals surface area contributed by atoms with E-state index >= 15 is 0 Å². The summed E-state index contributed by atoms with van der Waals surface area (Å²) in [5, 5.41) is 2.50. The van der Waals surface area contributed by atoms with E-state index in [4.69, 9.17) is 0 Å². The van der Waals surface area contributed by atoms with Crippen molar-refractivity contribution in [1.29, 1.82) is 0 Å². The van der Waals surface area contributed by atoms with Crippen LogP contribution in [0.3, 0.4) is 0 Å². The maximum atomic E-state index is 12.8. The molecule has 6 nitrogen and oxygen atoms in total. The lowest BCUT2D eigenvalue weighted by molar-refractivity contribution is -0.137. The fourth-order valence-electron chi connectivity index (χ4n) is 2.94. The highest BCUT2D eigenvalue weighted by Gasteiger charge is 2.31. The highest BCUT2D eigenvalue weighted by atomic mass is 32.2. The Hall–Kier alpha value is -1.65. The molecule has 1 amide bonds. The molecule has 0 aromatic heterocycles. The normalized spacial score (nSPS) is 20.6. The predicted molar refractivity (Wildman–Crippen MR) is 92.1 cm³/mol. The molecule has 1 heterocycles. The number of amides is 1. The number of nitrogens with zero attached hydrogens (tertiary/aromatic N) is 1. The van der Waals surface area contributed by atoms with Crippen molar-refractivity contribution in [3.05, 3.63) is 29.8 Å². The Morgan fingerprint density at radius 3 is 2.65 bits per heavy atom. The van der Waals surface area contributed by atoms with Gasteiger partial charge in [0.25, 0.3) is 0 Å². The first-order valence-corrected chi connectivity index (χ1v) is 10.0. The van der Waals surface area contributed by atoms with Crippen LogP contribution in [0.4, 0.5) is 18.9 Å². The van der Waals surface area contributed by atoms with E-state index in [0.717, 1.165) is 18.4 Å². The number of halogens is 3. The average Bonchev–Trinajstić information content (AvgIpc) is 2.52. The van der Waals surface area contributed by atoms with Gasteiger partial charge in [-0.25, -0.2) is 13.1 Å². The van der Waals surface area contributed by atoms with Gasteiger partial charge < -0.3 is 5.32 Å². The van der Waals surface area contributed by atoms with Crippen LogP contribution in [0.2, 0.25) is 0 Å². The molecule has 26 heavy (non-hydrogen) atoms. The van der Waals surface area contributed by atoms with Gasteiger partial charge in [-0.1, -0.05) is 6.07 Å². The van der Waals surface area contributed by atoms with E-state index in [-0.39, 0.29) is 11.7 Å². The van der Waals surface area contributed by atoms with Crippen LogP contribution in [0, 0.1) is 0 Å². The predicted octanol–water partition coefficient (Wildman–Crippen LogP) is 2.05. The number of rotatable bonds is 5. The smallest absolute Gasteiger partial charge is 0.325 e. The standard InChI is InChI=1S/C16H22F3N3O3S/c1-11(22-8-4-7-14(10-22)21-26(2,24)25)15(23)20-13-6-3-5-12(9-13)16(17,18)19/h3,5-6,9,11,14,21H,4,7-8,10H2,1-2H3,(H,20,23). The summed E-state index contributed by atoms with van der Waals surface area (Å²) >= 11 is 0. The number of carbonyl (C=O) groups excluding carboxylic acids is 1. The Balaban J connectivity index is 2.01. The van der Waals surface area contributed by atoms with Crippen LogP contribution in [0.25, 0.3) is 0 Å². The summed E-state index contributed by atoms with van der Waals surface area (Å²) < 4.78 is 63.5. The van der Waals surface area contributed by atoms with Gasteiger partial charge in [0.1, 0.15) is 0 Å². The first-order valence-electron chi connectivity index (χ1n) is 8.15. The van der Waals surface area contributed by atoms with Crippen LogP contribution in [0.15, 0.2) is 24.3 Å². The maximum Gasteiger partial charge on any atom is 0.416 e. The zero-order chi connectivity index (χ0) is 19.5. The van der Waals surface area contributed by atoms with Crippen molar-refractivity contribution < 1.29 is 26.4 Å². The number of sulfonamides is 1. The van der Waals surface area contributed by atoms with Crippen molar-refractivity contribution in [3.63, 3.8) is 0 Å². The van der Waals surface area contributed by atoms with E-state index in [2.05, 4.69) is 10.0 Å². The molecular weight excluding hydrogens is 371 g/mol. The van der Waals surface area contributed by atoms with Crippen LogP contribution in [-0.4, -0.2) is 50.7 Å². The van der Waals surface area contributed by atoms with Crippen LogP contribution in [0.1, 0.15) is 25.3 Å². The second-order valence-corrected chi connectivity index (χ2v) is 8.25. The SMILES string of the molecule is CC(C(=O)Nc1cccc(C(F)(F)F)c1)N1CCCC(NS(C)(=O)=O)C1. The highest BCUT2D eigenvalue weighted by molar-refractivity contribution is 7.88. The molecule has 2 rings (SSSR count). The fraction of sp³-hybridized carbons (Fsp3) is 0.562. The number of hydrogen-bond donors (Lipinski definition) is 2. The van der Waals surface area contributed by atoms with E-state index in [1.807, 2.05) is 4.90 Å². The van der Waals surface area contributed by atoms with Gasteiger partial charge in [-0.15, -0.1) is 0 Å². The van der Waals surface area contributed by atoms with E-state index in [9.17, 15) is 26.4 Å². The molecule has 0 aliphatic carbocycles. The Morgan fingerprint density at radius 1 is 1.35 bits per heavy atom. The summed E-state index contributed by atoms with van der Waals surface area (Å²) in [6.07, 6.45) is -2.01. The summed E-state index contributed by atoms with van der Waals surface area (Å²) in [6, 6.07) is 3.55. The number of piperidine rings is 1. The number of hydrogen-bond acceptors (Lipinski definition) is 4. The van der Waals surface area contributed by atoms with Gasteiger partial charge in [0, 0.05) is 18.3 Å². The second kappa shape index (κ2) is 7.93. The molecule has 1 fully saturated rings. The number of likely N-dealkylation sites (tertiary alicyclic amines) is 1. The molecule has 1 aromatic carbocycles. The molecule has 0 spiro atoms. The molecule has 1 saturated heterocycles. The minimum Gasteiger partial charge on any atom is -0.325 e. The van der Waals surface area contributed by atoms with Crippen molar-refractivity contribution in [2.75, 3.05) is 24.7 Å². The van der Waals surface area contributed by atoms with Crippen LogP contribution >= 0.6 is 0 Å². The number of benzene rings is 1. The van der Waals surface area contributed by atoms with Crippen LogP contribution in [-0.2, 0) is 21.0 Å². The van der Waals surface area contributed by atoms with Crippen molar-refractivity contribution >= 4 is 21.6 Å². The molecule has 0 radical (unpaired) electrons. The molecule has 2 atom stereocenters. The van der Waals surface area contributed by atoms with Crippen molar-refractivity contribution in [2.45, 2.75) is 38.0 Å². The summed E-state index contributed by atoms with van der Waals surface area (Å²) in [7, 11) is -3.34. The zero-order valence-corrected chi connectivity index (χ0v) is 15.3. The van der Waals surface area contributed by atoms with Gasteiger partial charge >= 0.3 is 6.18 Å². The Kier molecular flexibility index (Phi) is 6.30. The molecule has 146 valence electrons. The molecule has 0 saturated carbocycles. The number of anilines is 1. The van der Waals surface area contributed by atoms with E-state index in [1.165, 1.54) is 12.1 Å². The first-order chi connectivity index (χ1) is 12.0. The van der Waals surface area contributed by atoms with Gasteiger partial charge in [-0.05, 0) is 44.5 Å². The van der Waals surface area contributed by atoms with Crippen molar-refractivity contribution in [2.24, 2.45) is 0 Å². The Labute approximate surface area is 150 Å². The Bertz CT molecular complexity index is 753. The highest BCUT2D eigenvalue weighted by Crippen LogP contribution is 2.30. The molecule has 1 aliphatic rings. The minimum atomic E-state index is -4.48. The monoisotopic (exact) mass is 393 g/mol. The average molecular weight is 393 g/mol. The van der Waals surface area contributed by atoms with E-state index in [1.54, 1.807) is 6.92 Å². The van der Waals surface area contributed by atoms with Gasteiger partial charge in [-0.2, -0.15) is 13.2 Å². The third-order valence-corrected chi connectivity index (χ3v) is 4.98. The summed E-state index contributed by atoms with van der Waals surface area (Å²) in [4.78, 5) is 14.2. The van der Waals surface area contributed by atoms with Crippen molar-refractivity contribution in [3.8, 4) is 0 Å². The summed E-state index contributed by atoms with van der Waals surface area (Å²) in [5.41, 5.74) is -0.766. The largest absolute Gasteiger partial charge is 0.416 e. The zero-order valence-electron chi connectivity index (χ0n) is 14.5.